The van der Waals surface area contributed by atoms with Gasteiger partial charge in [0.05, 0.1) is 18.3 Å². The molecule has 1 aromatic rings. The Morgan fingerprint density at radius 1 is 1.20 bits per heavy atom. The predicted molar refractivity (Wildman–Crippen MR) is 99.0 cm³/mol. The lowest BCUT2D eigenvalue weighted by Crippen LogP contribution is -2.50. The molecule has 2 N–H and O–H groups in total. The fourth-order valence-corrected chi connectivity index (χ4v) is 3.91. The van der Waals surface area contributed by atoms with Gasteiger partial charge in [-0.2, -0.15) is 0 Å². The number of oxime groups is 1. The lowest BCUT2D eigenvalue weighted by atomic mass is 9.83. The summed E-state index contributed by atoms with van der Waals surface area (Å²) in [6.45, 7) is 1.22. The van der Waals surface area contributed by atoms with Crippen LogP contribution in [0.2, 0.25) is 0 Å². The van der Waals surface area contributed by atoms with Crippen molar-refractivity contribution in [3.05, 3.63) is 35.9 Å². The molecule has 25 heavy (non-hydrogen) atoms. The van der Waals surface area contributed by atoms with Crippen LogP contribution < -0.4 is 5.73 Å². The highest BCUT2D eigenvalue weighted by Crippen LogP contribution is 2.28. The summed E-state index contributed by atoms with van der Waals surface area (Å²) in [5.74, 6) is 0.428. The molecule has 1 saturated heterocycles. The average molecular weight is 343 g/mol. The van der Waals surface area contributed by atoms with Gasteiger partial charge < -0.3 is 15.5 Å². The first kappa shape index (κ1) is 17.9. The minimum Gasteiger partial charge on any atom is -0.391 e. The summed E-state index contributed by atoms with van der Waals surface area (Å²) in [7, 11) is 0. The first-order chi connectivity index (χ1) is 12.3. The van der Waals surface area contributed by atoms with Gasteiger partial charge >= 0.3 is 0 Å². The van der Waals surface area contributed by atoms with Gasteiger partial charge in [-0.3, -0.25) is 4.79 Å². The molecule has 2 aliphatic rings. The summed E-state index contributed by atoms with van der Waals surface area (Å²) < 4.78 is 0. The Bertz CT molecular complexity index is 570. The SMILES string of the molecule is N[C@H](C(=O)N1CCCC1/C=N/OCc1ccccc1)C1CCCCC1. The van der Waals surface area contributed by atoms with Gasteiger partial charge in [0.25, 0.3) is 0 Å². The number of benzene rings is 1. The summed E-state index contributed by atoms with van der Waals surface area (Å²) in [6.07, 6.45) is 9.53. The third kappa shape index (κ3) is 4.82. The molecule has 0 spiro atoms. The Kier molecular flexibility index (Phi) is 6.45. The molecule has 0 bridgehead atoms. The van der Waals surface area contributed by atoms with Gasteiger partial charge in [-0.1, -0.05) is 54.8 Å². The van der Waals surface area contributed by atoms with Crippen LogP contribution in [0, 0.1) is 5.92 Å². The minimum atomic E-state index is -0.362. The highest BCUT2D eigenvalue weighted by molar-refractivity contribution is 5.85. The number of nitrogens with two attached hydrogens (primary N) is 1. The lowest BCUT2D eigenvalue weighted by molar-refractivity contribution is -0.133. The molecule has 1 aliphatic carbocycles. The van der Waals surface area contributed by atoms with Crippen molar-refractivity contribution in [2.75, 3.05) is 6.54 Å². The Morgan fingerprint density at radius 2 is 1.96 bits per heavy atom. The van der Waals surface area contributed by atoms with Gasteiger partial charge in [-0.25, -0.2) is 0 Å². The van der Waals surface area contributed by atoms with Crippen LogP contribution in [-0.2, 0) is 16.2 Å². The summed E-state index contributed by atoms with van der Waals surface area (Å²) in [5.41, 5.74) is 7.38. The van der Waals surface area contributed by atoms with E-state index in [-0.39, 0.29) is 18.0 Å². The van der Waals surface area contributed by atoms with Crippen LogP contribution in [0.15, 0.2) is 35.5 Å². The van der Waals surface area contributed by atoms with Gasteiger partial charge in [0, 0.05) is 6.54 Å². The van der Waals surface area contributed by atoms with Gasteiger partial charge in [0.15, 0.2) is 0 Å². The van der Waals surface area contributed by atoms with E-state index in [9.17, 15) is 4.79 Å². The highest BCUT2D eigenvalue weighted by Gasteiger charge is 2.34. The van der Waals surface area contributed by atoms with E-state index in [4.69, 9.17) is 10.6 Å². The van der Waals surface area contributed by atoms with E-state index in [0.717, 1.165) is 37.8 Å². The Hall–Kier alpha value is -1.88. The standard InChI is InChI=1S/C20H29N3O2/c21-19(17-10-5-2-6-11-17)20(24)23-13-7-12-18(23)14-22-25-15-16-8-3-1-4-9-16/h1,3-4,8-9,14,17-19H,2,5-7,10-13,15,21H2/b22-14+/t18?,19-/m0/s1. The van der Waals surface area contributed by atoms with Gasteiger partial charge in [-0.05, 0) is 37.2 Å². The van der Waals surface area contributed by atoms with Crippen molar-refractivity contribution in [2.45, 2.75) is 63.6 Å². The van der Waals surface area contributed by atoms with Crippen molar-refractivity contribution in [1.82, 2.24) is 4.90 Å². The van der Waals surface area contributed by atoms with Crippen molar-refractivity contribution in [1.29, 1.82) is 0 Å². The maximum atomic E-state index is 12.8. The van der Waals surface area contributed by atoms with E-state index in [1.165, 1.54) is 19.3 Å². The molecule has 1 unspecified atom stereocenters. The first-order valence-electron chi connectivity index (χ1n) is 9.51. The minimum absolute atomic E-state index is 0.0120. The zero-order valence-electron chi connectivity index (χ0n) is 14.8. The number of nitrogens with zero attached hydrogens (tertiary/aromatic N) is 2. The van der Waals surface area contributed by atoms with Crippen LogP contribution in [-0.4, -0.2) is 35.7 Å². The van der Waals surface area contributed by atoms with Gasteiger partial charge in [0.2, 0.25) is 5.91 Å². The van der Waals surface area contributed by atoms with Crippen LogP contribution in [0.5, 0.6) is 0 Å². The first-order valence-corrected chi connectivity index (χ1v) is 9.51. The fourth-order valence-electron chi connectivity index (χ4n) is 3.91. The largest absolute Gasteiger partial charge is 0.391 e. The summed E-state index contributed by atoms with van der Waals surface area (Å²) in [5, 5.41) is 4.09. The predicted octanol–water partition coefficient (Wildman–Crippen LogP) is 3.09. The molecule has 1 amide bonds. The maximum absolute atomic E-state index is 12.8. The van der Waals surface area contributed by atoms with E-state index in [1.807, 2.05) is 35.2 Å². The van der Waals surface area contributed by atoms with E-state index >= 15 is 0 Å². The Morgan fingerprint density at radius 3 is 2.72 bits per heavy atom. The normalized spacial score (nSPS) is 23.1. The highest BCUT2D eigenvalue weighted by atomic mass is 16.6. The maximum Gasteiger partial charge on any atom is 0.240 e. The summed E-state index contributed by atoms with van der Waals surface area (Å²) in [6, 6.07) is 9.59. The molecular formula is C20H29N3O2. The van der Waals surface area contributed by atoms with Crippen molar-refractivity contribution < 1.29 is 9.63 Å². The molecule has 136 valence electrons. The molecule has 1 aliphatic heterocycles. The Labute approximate surface area is 150 Å². The van der Waals surface area contributed by atoms with Crippen molar-refractivity contribution in [3.8, 4) is 0 Å². The van der Waals surface area contributed by atoms with Crippen molar-refractivity contribution >= 4 is 12.1 Å². The van der Waals surface area contributed by atoms with Gasteiger partial charge in [-0.15, -0.1) is 0 Å². The number of hydrogen-bond donors (Lipinski definition) is 1. The third-order valence-corrected chi connectivity index (χ3v) is 5.41. The van der Waals surface area contributed by atoms with Crippen LogP contribution >= 0.6 is 0 Å². The number of carbonyl (C=O) groups is 1. The topological polar surface area (TPSA) is 67.9 Å². The fraction of sp³-hybridized carbons (Fsp3) is 0.600. The number of rotatable bonds is 6. The third-order valence-electron chi connectivity index (χ3n) is 5.41. The molecule has 0 aromatic heterocycles. The second-order valence-electron chi connectivity index (χ2n) is 7.18. The second kappa shape index (κ2) is 8.99. The molecular weight excluding hydrogens is 314 g/mol. The molecule has 1 heterocycles. The van der Waals surface area contributed by atoms with Gasteiger partial charge in [0.1, 0.15) is 6.61 Å². The van der Waals surface area contributed by atoms with E-state index in [0.29, 0.717) is 12.5 Å². The molecule has 5 heteroatoms. The molecule has 0 radical (unpaired) electrons. The van der Waals surface area contributed by atoms with Crippen LogP contribution in [0.4, 0.5) is 0 Å². The molecule has 2 atom stereocenters. The zero-order chi connectivity index (χ0) is 17.5. The van der Waals surface area contributed by atoms with Crippen LogP contribution in [0.25, 0.3) is 0 Å². The average Bonchev–Trinajstić information content (AvgIpc) is 3.14. The molecule has 5 nitrogen and oxygen atoms in total. The molecule has 3 rings (SSSR count). The number of carbonyl (C=O) groups excluding carboxylic acids is 1. The monoisotopic (exact) mass is 343 g/mol. The summed E-state index contributed by atoms with van der Waals surface area (Å²) in [4.78, 5) is 20.1. The second-order valence-corrected chi connectivity index (χ2v) is 7.18. The van der Waals surface area contributed by atoms with Crippen LogP contribution in [0.3, 0.4) is 0 Å². The lowest BCUT2D eigenvalue weighted by Gasteiger charge is -2.31. The van der Waals surface area contributed by atoms with E-state index in [1.54, 1.807) is 6.21 Å². The molecule has 2 fully saturated rings. The number of likely N-dealkylation sites (tertiary alicyclic amines) is 1. The summed E-state index contributed by atoms with van der Waals surface area (Å²) >= 11 is 0. The molecule has 1 aromatic carbocycles. The number of amides is 1. The smallest absolute Gasteiger partial charge is 0.240 e. The van der Waals surface area contributed by atoms with Crippen molar-refractivity contribution in [2.24, 2.45) is 16.8 Å². The quantitative estimate of drug-likeness (QED) is 0.637. The number of hydrogen-bond acceptors (Lipinski definition) is 4. The molecule has 1 saturated carbocycles. The Balaban J connectivity index is 1.50. The van der Waals surface area contributed by atoms with Crippen molar-refractivity contribution in [3.63, 3.8) is 0 Å². The van der Waals surface area contributed by atoms with E-state index in [2.05, 4.69) is 5.16 Å². The van der Waals surface area contributed by atoms with Crippen LogP contribution in [0.1, 0.15) is 50.5 Å². The van der Waals surface area contributed by atoms with E-state index < -0.39 is 0 Å². The zero-order valence-corrected chi connectivity index (χ0v) is 14.8.